The van der Waals surface area contributed by atoms with Crippen LogP contribution in [0.25, 0.3) is 16.7 Å². The molecule has 0 fully saturated rings. The van der Waals surface area contributed by atoms with Crippen LogP contribution in [0.3, 0.4) is 0 Å². The molecule has 2 aromatic heterocycles. The SMILES string of the molecule is Cc1c(C(=O)NNC(=O)c2cnn(-c3ccccc3)n2)oc2ccccc12. The molecule has 27 heavy (non-hydrogen) atoms. The van der Waals surface area contributed by atoms with Crippen molar-refractivity contribution in [1.29, 1.82) is 0 Å². The zero-order valence-electron chi connectivity index (χ0n) is 14.3. The molecule has 0 aliphatic carbocycles. The van der Waals surface area contributed by atoms with Crippen LogP contribution in [-0.4, -0.2) is 26.8 Å². The Morgan fingerprint density at radius 3 is 2.44 bits per heavy atom. The topological polar surface area (TPSA) is 102 Å². The molecule has 0 aliphatic rings. The second-order valence-electron chi connectivity index (χ2n) is 5.82. The Morgan fingerprint density at radius 1 is 0.963 bits per heavy atom. The number of amides is 2. The van der Waals surface area contributed by atoms with Crippen molar-refractivity contribution in [2.45, 2.75) is 6.92 Å². The van der Waals surface area contributed by atoms with Crippen LogP contribution in [0.5, 0.6) is 0 Å². The number of rotatable bonds is 3. The lowest BCUT2D eigenvalue weighted by Crippen LogP contribution is -2.41. The van der Waals surface area contributed by atoms with Gasteiger partial charge in [-0.3, -0.25) is 20.4 Å². The average molecular weight is 361 g/mol. The molecule has 8 heteroatoms. The predicted octanol–water partition coefficient (Wildman–Crippen LogP) is 2.40. The molecular weight excluding hydrogens is 346 g/mol. The summed E-state index contributed by atoms with van der Waals surface area (Å²) in [6.07, 6.45) is 1.32. The van der Waals surface area contributed by atoms with Gasteiger partial charge in [-0.1, -0.05) is 36.4 Å². The number of nitrogens with zero attached hydrogens (tertiary/aromatic N) is 3. The number of hydrogen-bond donors (Lipinski definition) is 2. The van der Waals surface area contributed by atoms with Gasteiger partial charge < -0.3 is 4.42 Å². The number of hydrazine groups is 1. The zero-order valence-corrected chi connectivity index (χ0v) is 14.3. The number of carbonyl (C=O) groups is 2. The van der Waals surface area contributed by atoms with Gasteiger partial charge in [-0.15, -0.1) is 5.10 Å². The number of aromatic nitrogens is 3. The van der Waals surface area contributed by atoms with E-state index in [0.29, 0.717) is 11.1 Å². The highest BCUT2D eigenvalue weighted by molar-refractivity contribution is 6.00. The van der Waals surface area contributed by atoms with E-state index in [1.165, 1.54) is 11.0 Å². The molecule has 8 nitrogen and oxygen atoms in total. The second-order valence-corrected chi connectivity index (χ2v) is 5.82. The van der Waals surface area contributed by atoms with E-state index in [2.05, 4.69) is 21.0 Å². The monoisotopic (exact) mass is 361 g/mol. The summed E-state index contributed by atoms with van der Waals surface area (Å²) < 4.78 is 5.57. The fourth-order valence-electron chi connectivity index (χ4n) is 2.68. The Hall–Kier alpha value is -3.94. The van der Waals surface area contributed by atoms with Crippen molar-refractivity contribution < 1.29 is 14.0 Å². The number of furan rings is 1. The fourth-order valence-corrected chi connectivity index (χ4v) is 2.68. The van der Waals surface area contributed by atoms with E-state index >= 15 is 0 Å². The standard InChI is InChI=1S/C19H15N5O3/c1-12-14-9-5-6-10-16(14)27-17(12)19(26)22-21-18(25)15-11-20-24(23-15)13-7-3-2-4-8-13/h2-11H,1H3,(H,21,25)(H,22,26). The van der Waals surface area contributed by atoms with E-state index in [9.17, 15) is 9.59 Å². The lowest BCUT2D eigenvalue weighted by molar-refractivity contribution is 0.0829. The number of fused-ring (bicyclic) bond motifs is 1. The maximum Gasteiger partial charge on any atom is 0.305 e. The van der Waals surface area contributed by atoms with Crippen LogP contribution in [0.2, 0.25) is 0 Å². The van der Waals surface area contributed by atoms with Crippen molar-refractivity contribution in [3.05, 3.63) is 77.8 Å². The Kier molecular flexibility index (Phi) is 4.13. The van der Waals surface area contributed by atoms with Crippen LogP contribution in [0.15, 0.2) is 65.2 Å². The lowest BCUT2D eigenvalue weighted by Gasteiger charge is -2.04. The van der Waals surface area contributed by atoms with Crippen molar-refractivity contribution >= 4 is 22.8 Å². The van der Waals surface area contributed by atoms with Crippen LogP contribution >= 0.6 is 0 Å². The number of nitrogens with one attached hydrogen (secondary N) is 2. The summed E-state index contributed by atoms with van der Waals surface area (Å²) >= 11 is 0. The van der Waals surface area contributed by atoms with Crippen LogP contribution < -0.4 is 10.9 Å². The van der Waals surface area contributed by atoms with Gasteiger partial charge in [-0.05, 0) is 25.1 Å². The average Bonchev–Trinajstić information content (AvgIpc) is 3.32. The summed E-state index contributed by atoms with van der Waals surface area (Å²) in [6, 6.07) is 16.5. The summed E-state index contributed by atoms with van der Waals surface area (Å²) in [6.45, 7) is 1.79. The van der Waals surface area contributed by atoms with E-state index in [4.69, 9.17) is 4.42 Å². The predicted molar refractivity (Wildman–Crippen MR) is 97.2 cm³/mol. The Labute approximate surface area is 153 Å². The molecule has 0 bridgehead atoms. The highest BCUT2D eigenvalue weighted by Crippen LogP contribution is 2.24. The van der Waals surface area contributed by atoms with Crippen LogP contribution in [0.4, 0.5) is 0 Å². The first-order chi connectivity index (χ1) is 13.1. The minimum atomic E-state index is -0.584. The zero-order chi connectivity index (χ0) is 18.8. The van der Waals surface area contributed by atoms with Crippen molar-refractivity contribution in [1.82, 2.24) is 25.8 Å². The smallest absolute Gasteiger partial charge is 0.305 e. The van der Waals surface area contributed by atoms with Gasteiger partial charge in [0, 0.05) is 10.9 Å². The molecule has 0 saturated heterocycles. The largest absolute Gasteiger partial charge is 0.451 e. The third-order valence-corrected chi connectivity index (χ3v) is 4.05. The van der Waals surface area contributed by atoms with Gasteiger partial charge >= 0.3 is 5.91 Å². The number of aryl methyl sites for hydroxylation is 1. The van der Waals surface area contributed by atoms with E-state index in [1.807, 2.05) is 48.5 Å². The third kappa shape index (κ3) is 3.15. The van der Waals surface area contributed by atoms with E-state index in [-0.39, 0.29) is 11.5 Å². The number of benzene rings is 2. The highest BCUT2D eigenvalue weighted by Gasteiger charge is 2.19. The fraction of sp³-hybridized carbons (Fsp3) is 0.0526. The molecular formula is C19H15N5O3. The molecule has 2 N–H and O–H groups in total. The van der Waals surface area contributed by atoms with Gasteiger partial charge in [-0.25, -0.2) is 0 Å². The maximum atomic E-state index is 12.3. The first kappa shape index (κ1) is 16.5. The molecule has 0 atom stereocenters. The molecule has 134 valence electrons. The van der Waals surface area contributed by atoms with Crippen LogP contribution in [0.1, 0.15) is 26.6 Å². The van der Waals surface area contributed by atoms with Crippen molar-refractivity contribution in [2.24, 2.45) is 0 Å². The lowest BCUT2D eigenvalue weighted by atomic mass is 10.1. The molecule has 0 aliphatic heterocycles. The summed E-state index contributed by atoms with van der Waals surface area (Å²) in [4.78, 5) is 25.9. The molecule has 0 saturated carbocycles. The third-order valence-electron chi connectivity index (χ3n) is 4.05. The summed E-state index contributed by atoms with van der Waals surface area (Å²) in [5.74, 6) is -0.990. The summed E-state index contributed by atoms with van der Waals surface area (Å²) in [5.41, 5.74) is 6.76. The highest BCUT2D eigenvalue weighted by atomic mass is 16.3. The van der Waals surface area contributed by atoms with E-state index in [0.717, 1.165) is 11.1 Å². The normalized spacial score (nSPS) is 10.7. The minimum Gasteiger partial charge on any atom is -0.451 e. The molecule has 4 rings (SSSR count). The van der Waals surface area contributed by atoms with E-state index < -0.39 is 11.8 Å². The second kappa shape index (κ2) is 6.75. The van der Waals surface area contributed by atoms with E-state index in [1.54, 1.807) is 13.0 Å². The molecule has 0 unspecified atom stereocenters. The van der Waals surface area contributed by atoms with Gasteiger partial charge in [0.2, 0.25) is 0 Å². The van der Waals surface area contributed by atoms with Gasteiger partial charge in [0.1, 0.15) is 5.58 Å². The van der Waals surface area contributed by atoms with Crippen LogP contribution in [0, 0.1) is 6.92 Å². The Bertz CT molecular complexity index is 1130. The Balaban J connectivity index is 1.45. The minimum absolute atomic E-state index is 0.0699. The first-order valence-electron chi connectivity index (χ1n) is 8.20. The summed E-state index contributed by atoms with van der Waals surface area (Å²) in [7, 11) is 0. The van der Waals surface area contributed by atoms with Crippen molar-refractivity contribution in [3.63, 3.8) is 0 Å². The number of hydrogen-bond acceptors (Lipinski definition) is 5. The maximum absolute atomic E-state index is 12.3. The van der Waals surface area contributed by atoms with Crippen molar-refractivity contribution in [2.75, 3.05) is 0 Å². The molecule has 0 spiro atoms. The molecule has 0 radical (unpaired) electrons. The number of carbonyl (C=O) groups excluding carboxylic acids is 2. The molecule has 2 amide bonds. The van der Waals surface area contributed by atoms with Gasteiger partial charge in [0.05, 0.1) is 11.9 Å². The van der Waals surface area contributed by atoms with Crippen LogP contribution in [-0.2, 0) is 0 Å². The summed E-state index contributed by atoms with van der Waals surface area (Å²) in [5, 5.41) is 9.00. The Morgan fingerprint density at radius 2 is 1.67 bits per heavy atom. The van der Waals surface area contributed by atoms with Gasteiger partial charge in [0.15, 0.2) is 11.5 Å². The molecule has 4 aromatic rings. The molecule has 2 aromatic carbocycles. The first-order valence-corrected chi connectivity index (χ1v) is 8.20. The van der Waals surface area contributed by atoms with Gasteiger partial charge in [0.25, 0.3) is 5.91 Å². The quantitative estimate of drug-likeness (QED) is 0.546. The molecule has 2 heterocycles. The van der Waals surface area contributed by atoms with Crippen molar-refractivity contribution in [3.8, 4) is 5.69 Å². The van der Waals surface area contributed by atoms with Gasteiger partial charge in [-0.2, -0.15) is 9.90 Å². The number of para-hydroxylation sites is 2.